The van der Waals surface area contributed by atoms with Crippen molar-refractivity contribution in [1.82, 2.24) is 5.32 Å². The Balaban J connectivity index is 1.81. The third kappa shape index (κ3) is 2.65. The van der Waals surface area contributed by atoms with E-state index in [1.54, 1.807) is 0 Å². The normalized spacial score (nSPS) is 34.6. The third-order valence-corrected chi connectivity index (χ3v) is 5.62. The van der Waals surface area contributed by atoms with Gasteiger partial charge in [0, 0.05) is 17.3 Å². The van der Waals surface area contributed by atoms with E-state index in [1.165, 1.54) is 12.8 Å². The molecule has 0 radical (unpaired) electrons. The molecular weight excluding hydrogens is 214 g/mol. The number of rotatable bonds is 5. The van der Waals surface area contributed by atoms with Crippen molar-refractivity contribution in [2.75, 3.05) is 12.8 Å². The molecule has 0 aromatic carbocycles. The number of nitrogens with one attached hydrogen (secondary N) is 1. The molecule has 0 spiro atoms. The van der Waals surface area contributed by atoms with Gasteiger partial charge in [-0.15, -0.1) is 0 Å². The van der Waals surface area contributed by atoms with Gasteiger partial charge in [0.15, 0.2) is 0 Å². The highest BCUT2D eigenvalue weighted by molar-refractivity contribution is 7.99. The molecule has 0 amide bonds. The van der Waals surface area contributed by atoms with E-state index >= 15 is 0 Å². The minimum absolute atomic E-state index is 0.363. The Kier molecular flexibility index (Phi) is 3.70. The molecule has 1 saturated carbocycles. The van der Waals surface area contributed by atoms with E-state index in [2.05, 4.69) is 44.5 Å². The predicted octanol–water partition coefficient (Wildman–Crippen LogP) is 3.32. The maximum Gasteiger partial charge on any atom is 0.0225 e. The zero-order valence-electron chi connectivity index (χ0n) is 11.0. The van der Waals surface area contributed by atoms with E-state index < -0.39 is 0 Å². The maximum absolute atomic E-state index is 3.75. The second-order valence-electron chi connectivity index (χ2n) is 6.08. The summed E-state index contributed by atoms with van der Waals surface area (Å²) in [6.45, 7) is 8.12. The Hall–Kier alpha value is 0.0500. The van der Waals surface area contributed by atoms with Gasteiger partial charge in [0.1, 0.15) is 0 Å². The SMILES string of the molecule is CSC(C)(C)CNC(C)C1CC2C=CC1C2. The number of hydrogen-bond acceptors (Lipinski definition) is 2. The van der Waals surface area contributed by atoms with Crippen LogP contribution in [0.15, 0.2) is 12.2 Å². The third-order valence-electron chi connectivity index (χ3n) is 4.37. The highest BCUT2D eigenvalue weighted by atomic mass is 32.2. The lowest BCUT2D eigenvalue weighted by atomic mass is 9.87. The smallest absolute Gasteiger partial charge is 0.0225 e. The second kappa shape index (κ2) is 4.73. The number of allylic oxidation sites excluding steroid dienone is 2. The minimum Gasteiger partial charge on any atom is -0.313 e. The molecule has 1 fully saturated rings. The van der Waals surface area contributed by atoms with Gasteiger partial charge in [-0.1, -0.05) is 12.2 Å². The monoisotopic (exact) mass is 239 g/mol. The summed E-state index contributed by atoms with van der Waals surface area (Å²) < 4.78 is 0.363. The molecular formula is C14H25NS. The minimum atomic E-state index is 0.363. The topological polar surface area (TPSA) is 12.0 Å². The summed E-state index contributed by atoms with van der Waals surface area (Å²) in [4.78, 5) is 0. The van der Waals surface area contributed by atoms with Crippen molar-refractivity contribution in [2.24, 2.45) is 17.8 Å². The van der Waals surface area contributed by atoms with Crippen molar-refractivity contribution in [1.29, 1.82) is 0 Å². The number of thioether (sulfide) groups is 1. The van der Waals surface area contributed by atoms with E-state index in [0.29, 0.717) is 10.8 Å². The Morgan fingerprint density at radius 3 is 2.62 bits per heavy atom. The van der Waals surface area contributed by atoms with Crippen LogP contribution in [-0.2, 0) is 0 Å². The van der Waals surface area contributed by atoms with Crippen molar-refractivity contribution in [2.45, 2.75) is 44.4 Å². The predicted molar refractivity (Wildman–Crippen MR) is 73.9 cm³/mol. The molecule has 0 aromatic heterocycles. The number of hydrogen-bond donors (Lipinski definition) is 1. The highest BCUT2D eigenvalue weighted by Crippen LogP contribution is 2.44. The molecule has 92 valence electrons. The van der Waals surface area contributed by atoms with Gasteiger partial charge >= 0.3 is 0 Å². The van der Waals surface area contributed by atoms with Gasteiger partial charge in [-0.05, 0) is 57.6 Å². The average Bonchev–Trinajstić information content (AvgIpc) is 2.87. The molecule has 2 aliphatic rings. The quantitative estimate of drug-likeness (QED) is 0.739. The van der Waals surface area contributed by atoms with Gasteiger partial charge in [0.25, 0.3) is 0 Å². The lowest BCUT2D eigenvalue weighted by Crippen LogP contribution is -2.42. The number of fused-ring (bicyclic) bond motifs is 2. The van der Waals surface area contributed by atoms with Crippen LogP contribution in [0, 0.1) is 17.8 Å². The van der Waals surface area contributed by atoms with Crippen LogP contribution in [0.1, 0.15) is 33.6 Å². The molecule has 0 aromatic rings. The molecule has 0 saturated heterocycles. The zero-order chi connectivity index (χ0) is 11.8. The van der Waals surface area contributed by atoms with E-state index in [9.17, 15) is 0 Å². The van der Waals surface area contributed by atoms with Crippen molar-refractivity contribution in [3.05, 3.63) is 12.2 Å². The molecule has 2 rings (SSSR count). The summed E-state index contributed by atoms with van der Waals surface area (Å²) in [5.74, 6) is 2.64. The molecule has 1 N–H and O–H groups in total. The van der Waals surface area contributed by atoms with Crippen LogP contribution in [-0.4, -0.2) is 23.6 Å². The Labute approximate surface area is 104 Å². The first-order valence-corrected chi connectivity index (χ1v) is 7.71. The van der Waals surface area contributed by atoms with Crippen molar-refractivity contribution in [3.8, 4) is 0 Å². The van der Waals surface area contributed by atoms with Crippen molar-refractivity contribution < 1.29 is 0 Å². The first kappa shape index (κ1) is 12.5. The van der Waals surface area contributed by atoms with E-state index in [-0.39, 0.29) is 0 Å². The lowest BCUT2D eigenvalue weighted by Gasteiger charge is -2.30. The molecule has 4 unspecified atom stereocenters. The molecule has 16 heavy (non-hydrogen) atoms. The summed E-state index contributed by atoms with van der Waals surface area (Å²) in [5.41, 5.74) is 0. The molecule has 1 nitrogen and oxygen atoms in total. The standard InChI is InChI=1S/C14H25NS/c1-10(15-9-14(2,3)16-4)13-8-11-5-6-12(13)7-11/h5-6,10-13,15H,7-9H2,1-4H3. The fourth-order valence-electron chi connectivity index (χ4n) is 3.03. The van der Waals surface area contributed by atoms with Gasteiger partial charge in [0.2, 0.25) is 0 Å². The van der Waals surface area contributed by atoms with Crippen LogP contribution in [0.25, 0.3) is 0 Å². The van der Waals surface area contributed by atoms with Crippen LogP contribution >= 0.6 is 11.8 Å². The molecule has 2 aliphatic carbocycles. The summed E-state index contributed by atoms with van der Waals surface area (Å²) in [7, 11) is 0. The van der Waals surface area contributed by atoms with Crippen LogP contribution in [0.2, 0.25) is 0 Å². The fourth-order valence-corrected chi connectivity index (χ4v) is 3.26. The molecule has 2 bridgehead atoms. The van der Waals surface area contributed by atoms with E-state index in [0.717, 1.165) is 24.3 Å². The van der Waals surface area contributed by atoms with Crippen LogP contribution in [0.5, 0.6) is 0 Å². The maximum atomic E-state index is 3.75. The summed E-state index contributed by atoms with van der Waals surface area (Å²) in [5, 5.41) is 3.75. The van der Waals surface area contributed by atoms with Crippen LogP contribution in [0.3, 0.4) is 0 Å². The second-order valence-corrected chi connectivity index (χ2v) is 7.59. The van der Waals surface area contributed by atoms with Crippen molar-refractivity contribution in [3.63, 3.8) is 0 Å². The zero-order valence-corrected chi connectivity index (χ0v) is 11.8. The first-order valence-electron chi connectivity index (χ1n) is 6.49. The largest absolute Gasteiger partial charge is 0.313 e. The fraction of sp³-hybridized carbons (Fsp3) is 0.857. The molecule has 2 heteroatoms. The summed E-state index contributed by atoms with van der Waals surface area (Å²) >= 11 is 1.95. The average molecular weight is 239 g/mol. The first-order chi connectivity index (χ1) is 7.52. The summed E-state index contributed by atoms with van der Waals surface area (Å²) in [6.07, 6.45) is 9.92. The molecule has 4 atom stereocenters. The molecule has 0 aliphatic heterocycles. The van der Waals surface area contributed by atoms with Gasteiger partial charge in [-0.2, -0.15) is 11.8 Å². The molecule has 0 heterocycles. The van der Waals surface area contributed by atoms with Gasteiger partial charge in [-0.3, -0.25) is 0 Å². The summed E-state index contributed by atoms with van der Waals surface area (Å²) in [6, 6.07) is 0.673. The Morgan fingerprint density at radius 2 is 2.12 bits per heavy atom. The van der Waals surface area contributed by atoms with Crippen LogP contribution < -0.4 is 5.32 Å². The van der Waals surface area contributed by atoms with Gasteiger partial charge in [-0.25, -0.2) is 0 Å². The van der Waals surface area contributed by atoms with E-state index in [4.69, 9.17) is 0 Å². The highest BCUT2D eigenvalue weighted by Gasteiger charge is 2.38. The van der Waals surface area contributed by atoms with Gasteiger partial charge < -0.3 is 5.32 Å². The van der Waals surface area contributed by atoms with E-state index in [1.807, 2.05) is 11.8 Å². The Morgan fingerprint density at radius 1 is 1.38 bits per heavy atom. The lowest BCUT2D eigenvalue weighted by molar-refractivity contribution is 0.322. The van der Waals surface area contributed by atoms with Crippen LogP contribution in [0.4, 0.5) is 0 Å². The Bertz CT molecular complexity index is 272. The van der Waals surface area contributed by atoms with Gasteiger partial charge in [0.05, 0.1) is 0 Å². The van der Waals surface area contributed by atoms with Crippen molar-refractivity contribution >= 4 is 11.8 Å².